The Hall–Kier alpha value is -0.580. The maximum absolute atomic E-state index is 6.00. The molecule has 0 aliphatic heterocycles. The zero-order valence-electron chi connectivity index (χ0n) is 10.8. The fourth-order valence-corrected chi connectivity index (χ4v) is 3.03. The topological polar surface area (TPSA) is 47.3 Å². The van der Waals surface area contributed by atoms with Crippen LogP contribution < -0.4 is 11.1 Å². The van der Waals surface area contributed by atoms with Crippen LogP contribution in [0, 0.1) is 0 Å². The highest BCUT2D eigenvalue weighted by Gasteiger charge is 2.34. The van der Waals surface area contributed by atoms with Crippen LogP contribution in [-0.4, -0.2) is 25.3 Å². The minimum Gasteiger partial charge on any atom is -0.381 e. The van der Waals surface area contributed by atoms with Crippen molar-refractivity contribution in [1.29, 1.82) is 0 Å². The van der Waals surface area contributed by atoms with Gasteiger partial charge >= 0.3 is 0 Å². The summed E-state index contributed by atoms with van der Waals surface area (Å²) in [7, 11) is 1.79. The molecule has 0 bridgehead atoms. The first-order valence-electron chi connectivity index (χ1n) is 6.44. The molecule has 1 aliphatic rings. The molecule has 0 unspecified atom stereocenters. The molecule has 0 aromatic heterocycles. The van der Waals surface area contributed by atoms with Gasteiger partial charge in [0, 0.05) is 29.4 Å². The molecule has 0 saturated heterocycles. The molecule has 0 spiro atoms. The number of anilines is 1. The minimum absolute atomic E-state index is 0.0236. The van der Waals surface area contributed by atoms with Crippen LogP contribution >= 0.6 is 15.9 Å². The molecule has 3 nitrogen and oxygen atoms in total. The Kier molecular flexibility index (Phi) is 4.65. The van der Waals surface area contributed by atoms with E-state index in [-0.39, 0.29) is 5.54 Å². The van der Waals surface area contributed by atoms with Crippen LogP contribution in [-0.2, 0) is 4.74 Å². The Morgan fingerprint density at radius 3 is 2.72 bits per heavy atom. The van der Waals surface area contributed by atoms with Crippen molar-refractivity contribution in [3.63, 3.8) is 0 Å². The number of halogens is 1. The summed E-state index contributed by atoms with van der Waals surface area (Å²) in [6.07, 6.45) is 4.68. The number of ether oxygens (including phenoxy) is 1. The zero-order chi connectivity index (χ0) is 13.0. The van der Waals surface area contributed by atoms with Gasteiger partial charge in [-0.2, -0.15) is 0 Å². The molecule has 1 aromatic carbocycles. The quantitative estimate of drug-likeness (QED) is 0.898. The SMILES string of the molecule is COC1CCC(CN)(Nc2cccc(Br)c2)CC1. The highest BCUT2D eigenvalue weighted by atomic mass is 79.9. The first kappa shape index (κ1) is 13.8. The van der Waals surface area contributed by atoms with Crippen LogP contribution in [0.2, 0.25) is 0 Å². The summed E-state index contributed by atoms with van der Waals surface area (Å²) in [4.78, 5) is 0. The average molecular weight is 313 g/mol. The fraction of sp³-hybridized carbons (Fsp3) is 0.571. The second kappa shape index (κ2) is 6.04. The molecule has 18 heavy (non-hydrogen) atoms. The molecular weight excluding hydrogens is 292 g/mol. The Labute approximate surface area is 117 Å². The highest BCUT2D eigenvalue weighted by molar-refractivity contribution is 9.10. The third-order valence-corrected chi connectivity index (χ3v) is 4.34. The molecule has 100 valence electrons. The number of benzene rings is 1. The Balaban J connectivity index is 2.05. The van der Waals surface area contributed by atoms with Crippen molar-refractivity contribution >= 4 is 21.6 Å². The Bertz CT molecular complexity index is 389. The molecule has 0 heterocycles. The van der Waals surface area contributed by atoms with Gasteiger partial charge in [0.1, 0.15) is 0 Å². The van der Waals surface area contributed by atoms with Crippen molar-refractivity contribution in [2.75, 3.05) is 19.0 Å². The van der Waals surface area contributed by atoms with Crippen LogP contribution in [0.3, 0.4) is 0 Å². The molecule has 1 fully saturated rings. The number of rotatable bonds is 4. The monoisotopic (exact) mass is 312 g/mol. The second-order valence-corrected chi connectivity index (χ2v) is 5.97. The van der Waals surface area contributed by atoms with Gasteiger partial charge in [-0.15, -0.1) is 0 Å². The third kappa shape index (κ3) is 3.25. The summed E-state index contributed by atoms with van der Waals surface area (Å²) in [6.45, 7) is 0.663. The van der Waals surface area contributed by atoms with Crippen molar-refractivity contribution in [2.24, 2.45) is 5.73 Å². The number of hydrogen-bond donors (Lipinski definition) is 2. The van der Waals surface area contributed by atoms with Gasteiger partial charge in [-0.25, -0.2) is 0 Å². The van der Waals surface area contributed by atoms with Gasteiger partial charge in [-0.05, 0) is 43.9 Å². The normalized spacial score (nSPS) is 28.1. The lowest BCUT2D eigenvalue weighted by Crippen LogP contribution is -2.49. The zero-order valence-corrected chi connectivity index (χ0v) is 12.4. The molecule has 1 saturated carbocycles. The van der Waals surface area contributed by atoms with E-state index in [0.717, 1.165) is 35.8 Å². The summed E-state index contributed by atoms with van der Waals surface area (Å²) in [5.41, 5.74) is 7.15. The van der Waals surface area contributed by atoms with E-state index in [9.17, 15) is 0 Å². The van der Waals surface area contributed by atoms with E-state index in [1.54, 1.807) is 7.11 Å². The summed E-state index contributed by atoms with van der Waals surface area (Å²) >= 11 is 3.50. The third-order valence-electron chi connectivity index (χ3n) is 3.85. The maximum Gasteiger partial charge on any atom is 0.0573 e. The van der Waals surface area contributed by atoms with Crippen LogP contribution in [0.15, 0.2) is 28.7 Å². The lowest BCUT2D eigenvalue weighted by atomic mass is 9.80. The van der Waals surface area contributed by atoms with Gasteiger partial charge in [0.15, 0.2) is 0 Å². The summed E-state index contributed by atoms with van der Waals surface area (Å²) in [5, 5.41) is 3.62. The molecule has 1 aromatic rings. The van der Waals surface area contributed by atoms with E-state index in [0.29, 0.717) is 12.6 Å². The molecule has 0 radical (unpaired) electrons. The smallest absolute Gasteiger partial charge is 0.0573 e. The Morgan fingerprint density at radius 2 is 2.17 bits per heavy atom. The molecule has 0 atom stereocenters. The molecule has 3 N–H and O–H groups in total. The number of nitrogens with one attached hydrogen (secondary N) is 1. The van der Waals surface area contributed by atoms with Crippen molar-refractivity contribution in [3.8, 4) is 0 Å². The number of hydrogen-bond acceptors (Lipinski definition) is 3. The van der Waals surface area contributed by atoms with Crippen molar-refractivity contribution in [3.05, 3.63) is 28.7 Å². The van der Waals surface area contributed by atoms with E-state index >= 15 is 0 Å². The maximum atomic E-state index is 6.00. The van der Waals surface area contributed by atoms with Crippen molar-refractivity contribution < 1.29 is 4.74 Å². The lowest BCUT2D eigenvalue weighted by Gasteiger charge is -2.40. The highest BCUT2D eigenvalue weighted by Crippen LogP contribution is 2.32. The molecule has 2 rings (SSSR count). The lowest BCUT2D eigenvalue weighted by molar-refractivity contribution is 0.0550. The van der Waals surface area contributed by atoms with E-state index in [1.165, 1.54) is 0 Å². The van der Waals surface area contributed by atoms with Crippen LogP contribution in [0.25, 0.3) is 0 Å². The van der Waals surface area contributed by atoms with Crippen molar-refractivity contribution in [2.45, 2.75) is 37.3 Å². The number of nitrogens with two attached hydrogens (primary N) is 1. The molecule has 1 aliphatic carbocycles. The molecular formula is C14H21BrN2O. The predicted octanol–water partition coefficient (Wildman–Crippen LogP) is 3.15. The second-order valence-electron chi connectivity index (χ2n) is 5.05. The minimum atomic E-state index is 0.0236. The van der Waals surface area contributed by atoms with Crippen LogP contribution in [0.4, 0.5) is 5.69 Å². The first-order valence-corrected chi connectivity index (χ1v) is 7.23. The van der Waals surface area contributed by atoms with Gasteiger partial charge in [0.2, 0.25) is 0 Å². The van der Waals surface area contributed by atoms with Crippen molar-refractivity contribution in [1.82, 2.24) is 0 Å². The summed E-state index contributed by atoms with van der Waals surface area (Å²) in [6, 6.07) is 8.25. The van der Waals surface area contributed by atoms with E-state index in [4.69, 9.17) is 10.5 Å². The van der Waals surface area contributed by atoms with Gasteiger partial charge in [-0.1, -0.05) is 22.0 Å². The van der Waals surface area contributed by atoms with E-state index in [2.05, 4.69) is 33.4 Å². The molecule has 4 heteroatoms. The predicted molar refractivity (Wildman–Crippen MR) is 78.8 cm³/mol. The van der Waals surface area contributed by atoms with Gasteiger partial charge in [0.05, 0.1) is 6.10 Å². The largest absolute Gasteiger partial charge is 0.381 e. The summed E-state index contributed by atoms with van der Waals surface area (Å²) < 4.78 is 6.51. The van der Waals surface area contributed by atoms with Gasteiger partial charge < -0.3 is 15.8 Å². The van der Waals surface area contributed by atoms with Gasteiger partial charge in [0.25, 0.3) is 0 Å². The Morgan fingerprint density at radius 1 is 1.44 bits per heavy atom. The molecule has 0 amide bonds. The van der Waals surface area contributed by atoms with E-state index < -0.39 is 0 Å². The van der Waals surface area contributed by atoms with Crippen LogP contribution in [0.5, 0.6) is 0 Å². The van der Waals surface area contributed by atoms with Gasteiger partial charge in [-0.3, -0.25) is 0 Å². The average Bonchev–Trinajstić information content (AvgIpc) is 2.39. The standard InChI is InChI=1S/C14H21BrN2O/c1-18-13-5-7-14(10-16,8-6-13)17-12-4-2-3-11(15)9-12/h2-4,9,13,17H,5-8,10,16H2,1H3. The number of methoxy groups -OCH3 is 1. The fourth-order valence-electron chi connectivity index (χ4n) is 2.63. The first-order chi connectivity index (χ1) is 8.67. The van der Waals surface area contributed by atoms with E-state index in [1.807, 2.05) is 12.1 Å². The summed E-state index contributed by atoms with van der Waals surface area (Å²) in [5.74, 6) is 0. The van der Waals surface area contributed by atoms with Crippen LogP contribution in [0.1, 0.15) is 25.7 Å².